The number of hydrogen-bond acceptors (Lipinski definition) is 2. The molecule has 0 aliphatic heterocycles. The number of hydrogen-bond donors (Lipinski definition) is 1. The summed E-state index contributed by atoms with van der Waals surface area (Å²) < 4.78 is 5.20. The Morgan fingerprint density at radius 2 is 1.50 bits per heavy atom. The molecule has 3 heteroatoms. The highest BCUT2D eigenvalue weighted by molar-refractivity contribution is 5.75. The predicted octanol–water partition coefficient (Wildman–Crippen LogP) is 2.53. The van der Waals surface area contributed by atoms with Gasteiger partial charge >= 0.3 is 0 Å². The first kappa shape index (κ1) is 12.2. The maximum absolute atomic E-state index is 10.6. The summed E-state index contributed by atoms with van der Waals surface area (Å²) in [4.78, 5) is 10.6. The van der Waals surface area contributed by atoms with Gasteiger partial charge in [0.05, 0.1) is 0 Å². The molecule has 0 heterocycles. The summed E-state index contributed by atoms with van der Waals surface area (Å²) in [5.74, 6) is 0.169. The van der Waals surface area contributed by atoms with E-state index in [-0.39, 0.29) is 6.61 Å². The second kappa shape index (κ2) is 5.36. The summed E-state index contributed by atoms with van der Waals surface area (Å²) in [6.07, 6.45) is 0. The molecule has 0 spiro atoms. The molecule has 3 nitrogen and oxygen atoms in total. The number of ether oxygens (including phenoxy) is 1. The molecule has 18 heavy (non-hydrogen) atoms. The van der Waals surface area contributed by atoms with Gasteiger partial charge in [-0.15, -0.1) is 0 Å². The first-order chi connectivity index (χ1) is 8.65. The van der Waals surface area contributed by atoms with E-state index in [1.165, 1.54) is 5.56 Å². The third-order valence-electron chi connectivity index (χ3n) is 2.62. The maximum atomic E-state index is 10.6. The van der Waals surface area contributed by atoms with Crippen LogP contribution in [0.15, 0.2) is 48.5 Å². The van der Waals surface area contributed by atoms with E-state index in [4.69, 9.17) is 10.5 Å². The van der Waals surface area contributed by atoms with Gasteiger partial charge in [0.25, 0.3) is 5.91 Å². The molecule has 2 N–H and O–H groups in total. The fourth-order valence-corrected chi connectivity index (χ4v) is 1.64. The van der Waals surface area contributed by atoms with Gasteiger partial charge < -0.3 is 10.5 Å². The Bertz CT molecular complexity index is 529. The fraction of sp³-hybridized carbons (Fsp3) is 0.133. The van der Waals surface area contributed by atoms with Crippen LogP contribution in [0.5, 0.6) is 5.75 Å². The van der Waals surface area contributed by atoms with E-state index in [0.29, 0.717) is 5.75 Å². The van der Waals surface area contributed by atoms with Gasteiger partial charge in [-0.1, -0.05) is 42.0 Å². The average Bonchev–Trinajstić information content (AvgIpc) is 2.38. The van der Waals surface area contributed by atoms with Crippen LogP contribution >= 0.6 is 0 Å². The molecular formula is C15H15NO2. The minimum atomic E-state index is -0.474. The van der Waals surface area contributed by atoms with Crippen LogP contribution in [-0.4, -0.2) is 12.5 Å². The third kappa shape index (κ3) is 3.10. The number of carbonyl (C=O) groups excluding carboxylic acids is 1. The zero-order chi connectivity index (χ0) is 13.0. The van der Waals surface area contributed by atoms with Gasteiger partial charge in [0, 0.05) is 0 Å². The van der Waals surface area contributed by atoms with Crippen LogP contribution in [0.25, 0.3) is 11.1 Å². The van der Waals surface area contributed by atoms with Crippen LogP contribution in [0, 0.1) is 6.92 Å². The number of amides is 1. The van der Waals surface area contributed by atoms with Crippen molar-refractivity contribution < 1.29 is 9.53 Å². The van der Waals surface area contributed by atoms with Crippen molar-refractivity contribution in [2.45, 2.75) is 6.92 Å². The van der Waals surface area contributed by atoms with Crippen LogP contribution in [0.4, 0.5) is 0 Å². The monoisotopic (exact) mass is 241 g/mol. The lowest BCUT2D eigenvalue weighted by Crippen LogP contribution is -2.19. The zero-order valence-electron chi connectivity index (χ0n) is 10.2. The highest BCUT2D eigenvalue weighted by Crippen LogP contribution is 2.22. The number of aryl methyl sites for hydroxylation is 1. The lowest BCUT2D eigenvalue weighted by Gasteiger charge is -2.06. The van der Waals surface area contributed by atoms with Gasteiger partial charge in [0.15, 0.2) is 6.61 Å². The van der Waals surface area contributed by atoms with Crippen LogP contribution in [-0.2, 0) is 4.79 Å². The molecule has 0 aliphatic carbocycles. The Balaban J connectivity index is 2.12. The summed E-state index contributed by atoms with van der Waals surface area (Å²) in [6.45, 7) is 1.97. The lowest BCUT2D eigenvalue weighted by atomic mass is 10.0. The molecule has 0 radical (unpaired) electrons. The first-order valence-electron chi connectivity index (χ1n) is 5.73. The number of rotatable bonds is 4. The van der Waals surface area contributed by atoms with Gasteiger partial charge in [-0.2, -0.15) is 0 Å². The summed E-state index contributed by atoms with van der Waals surface area (Å²) in [5.41, 5.74) is 8.51. The van der Waals surface area contributed by atoms with Gasteiger partial charge in [0.2, 0.25) is 0 Å². The molecule has 0 bridgehead atoms. The van der Waals surface area contributed by atoms with E-state index < -0.39 is 5.91 Å². The Morgan fingerprint density at radius 1 is 1.00 bits per heavy atom. The summed E-state index contributed by atoms with van der Waals surface area (Å²) in [5, 5.41) is 0. The van der Waals surface area contributed by atoms with Crippen molar-refractivity contribution in [3.63, 3.8) is 0 Å². The van der Waals surface area contributed by atoms with Crippen molar-refractivity contribution in [2.24, 2.45) is 5.73 Å². The largest absolute Gasteiger partial charge is 0.484 e. The number of carbonyl (C=O) groups is 1. The van der Waals surface area contributed by atoms with Crippen molar-refractivity contribution in [3.8, 4) is 16.9 Å². The molecule has 2 rings (SSSR count). The van der Waals surface area contributed by atoms with E-state index in [1.54, 1.807) is 0 Å². The standard InChI is InChI=1S/C15H15NO2/c1-11-2-4-12(5-3-11)13-6-8-14(9-7-13)18-10-15(16)17/h2-9H,10H2,1H3,(H2,16,17). The zero-order valence-corrected chi connectivity index (χ0v) is 10.2. The van der Waals surface area contributed by atoms with E-state index >= 15 is 0 Å². The molecule has 0 atom stereocenters. The summed E-state index contributed by atoms with van der Waals surface area (Å²) in [6, 6.07) is 15.9. The molecule has 0 aliphatic rings. The molecule has 0 fully saturated rings. The molecule has 1 amide bonds. The maximum Gasteiger partial charge on any atom is 0.255 e. The average molecular weight is 241 g/mol. The van der Waals surface area contributed by atoms with Gasteiger partial charge in [0.1, 0.15) is 5.75 Å². The number of benzene rings is 2. The minimum absolute atomic E-state index is 0.0934. The van der Waals surface area contributed by atoms with Crippen molar-refractivity contribution in [2.75, 3.05) is 6.61 Å². The second-order valence-electron chi connectivity index (χ2n) is 4.15. The highest BCUT2D eigenvalue weighted by atomic mass is 16.5. The van der Waals surface area contributed by atoms with Crippen LogP contribution < -0.4 is 10.5 Å². The summed E-state index contributed by atoms with van der Waals surface area (Å²) in [7, 11) is 0. The van der Waals surface area contributed by atoms with E-state index in [9.17, 15) is 4.79 Å². The number of nitrogens with two attached hydrogens (primary N) is 1. The van der Waals surface area contributed by atoms with E-state index in [0.717, 1.165) is 11.1 Å². The second-order valence-corrected chi connectivity index (χ2v) is 4.15. The number of primary amides is 1. The predicted molar refractivity (Wildman–Crippen MR) is 71.3 cm³/mol. The Morgan fingerprint density at radius 3 is 2.00 bits per heavy atom. The van der Waals surface area contributed by atoms with E-state index in [1.807, 2.05) is 24.3 Å². The minimum Gasteiger partial charge on any atom is -0.484 e. The quantitative estimate of drug-likeness (QED) is 0.894. The first-order valence-corrected chi connectivity index (χ1v) is 5.73. The van der Waals surface area contributed by atoms with E-state index in [2.05, 4.69) is 31.2 Å². The molecule has 0 saturated carbocycles. The van der Waals surface area contributed by atoms with Gasteiger partial charge in [-0.3, -0.25) is 4.79 Å². The van der Waals surface area contributed by atoms with Gasteiger partial charge in [-0.05, 0) is 30.2 Å². The summed E-state index contributed by atoms with van der Waals surface area (Å²) >= 11 is 0. The molecule has 92 valence electrons. The van der Waals surface area contributed by atoms with Crippen LogP contribution in [0.1, 0.15) is 5.56 Å². The third-order valence-corrected chi connectivity index (χ3v) is 2.62. The van der Waals surface area contributed by atoms with Crippen molar-refractivity contribution in [1.29, 1.82) is 0 Å². The molecule has 0 saturated heterocycles. The highest BCUT2D eigenvalue weighted by Gasteiger charge is 2.00. The van der Waals surface area contributed by atoms with Crippen LogP contribution in [0.3, 0.4) is 0 Å². The van der Waals surface area contributed by atoms with Crippen LogP contribution in [0.2, 0.25) is 0 Å². The Kier molecular flexibility index (Phi) is 3.63. The Hall–Kier alpha value is -2.29. The molecule has 0 aromatic heterocycles. The fourth-order valence-electron chi connectivity index (χ4n) is 1.64. The SMILES string of the molecule is Cc1ccc(-c2ccc(OCC(N)=O)cc2)cc1. The normalized spacial score (nSPS) is 10.1. The van der Waals surface area contributed by atoms with Crippen molar-refractivity contribution >= 4 is 5.91 Å². The molecular weight excluding hydrogens is 226 g/mol. The topological polar surface area (TPSA) is 52.3 Å². The molecule has 2 aromatic carbocycles. The molecule has 2 aromatic rings. The lowest BCUT2D eigenvalue weighted by molar-refractivity contribution is -0.119. The van der Waals surface area contributed by atoms with Gasteiger partial charge in [-0.25, -0.2) is 0 Å². The Labute approximate surface area is 106 Å². The molecule has 0 unspecified atom stereocenters. The smallest absolute Gasteiger partial charge is 0.255 e. The van der Waals surface area contributed by atoms with Crippen molar-refractivity contribution in [3.05, 3.63) is 54.1 Å². The van der Waals surface area contributed by atoms with Crippen molar-refractivity contribution in [1.82, 2.24) is 0 Å².